The summed E-state index contributed by atoms with van der Waals surface area (Å²) in [7, 11) is 1.55. The van der Waals surface area contributed by atoms with Crippen molar-refractivity contribution in [1.29, 1.82) is 0 Å². The highest BCUT2D eigenvalue weighted by molar-refractivity contribution is 7.13. The summed E-state index contributed by atoms with van der Waals surface area (Å²) in [6.45, 7) is 1.96. The van der Waals surface area contributed by atoms with Gasteiger partial charge in [0, 0.05) is 11.8 Å². The second kappa shape index (κ2) is 3.86. The summed E-state index contributed by atoms with van der Waals surface area (Å²) in [6, 6.07) is 1.85. The van der Waals surface area contributed by atoms with Gasteiger partial charge in [-0.25, -0.2) is 9.97 Å². The van der Waals surface area contributed by atoms with Crippen LogP contribution < -0.4 is 10.5 Å². The van der Waals surface area contributed by atoms with Crippen molar-refractivity contribution >= 4 is 17.0 Å². The Morgan fingerprint density at radius 1 is 1.40 bits per heavy atom. The second-order valence-corrected chi connectivity index (χ2v) is 3.94. The summed E-state index contributed by atoms with van der Waals surface area (Å²) in [5, 5.41) is 0. The highest BCUT2D eigenvalue weighted by atomic mass is 32.1. The van der Waals surface area contributed by atoms with Crippen molar-refractivity contribution in [2.75, 3.05) is 12.8 Å². The van der Waals surface area contributed by atoms with Gasteiger partial charge in [-0.2, -0.15) is 0 Å². The van der Waals surface area contributed by atoms with E-state index in [0.29, 0.717) is 11.6 Å². The Hall–Kier alpha value is -1.62. The fraction of sp³-hybridized carbons (Fsp3) is 0.200. The van der Waals surface area contributed by atoms with Gasteiger partial charge in [-0.3, -0.25) is 0 Å². The Kier molecular flexibility index (Phi) is 2.55. The summed E-state index contributed by atoms with van der Waals surface area (Å²) in [5.74, 6) is 0.459. The molecule has 2 heterocycles. The molecule has 0 radical (unpaired) electrons. The predicted octanol–water partition coefficient (Wildman–Crippen LogP) is 2.10. The van der Waals surface area contributed by atoms with Gasteiger partial charge in [-0.15, -0.1) is 11.3 Å². The van der Waals surface area contributed by atoms with Crippen LogP contribution in [0.15, 0.2) is 17.8 Å². The summed E-state index contributed by atoms with van der Waals surface area (Å²) in [5.41, 5.74) is 10.1. The van der Waals surface area contributed by atoms with Crippen LogP contribution in [-0.4, -0.2) is 17.1 Å². The summed E-state index contributed by atoms with van der Waals surface area (Å²) >= 11 is 1.58. The molecule has 0 saturated heterocycles. The minimum Gasteiger partial charge on any atom is -0.480 e. The van der Waals surface area contributed by atoms with Crippen LogP contribution in [0.2, 0.25) is 0 Å². The Balaban J connectivity index is 2.47. The molecule has 0 aromatic carbocycles. The van der Waals surface area contributed by atoms with Gasteiger partial charge < -0.3 is 10.5 Å². The molecule has 0 aliphatic heterocycles. The van der Waals surface area contributed by atoms with Crippen molar-refractivity contribution in [3.05, 3.63) is 23.5 Å². The molecule has 0 fully saturated rings. The summed E-state index contributed by atoms with van der Waals surface area (Å²) in [6.07, 6.45) is 1.75. The molecule has 0 atom stereocenters. The third kappa shape index (κ3) is 1.78. The van der Waals surface area contributed by atoms with Crippen LogP contribution in [0.1, 0.15) is 5.69 Å². The lowest BCUT2D eigenvalue weighted by atomic mass is 10.2. The molecule has 2 aromatic heterocycles. The number of nitrogens with zero attached hydrogens (tertiary/aromatic N) is 2. The molecular formula is C10H11N3OS. The van der Waals surface area contributed by atoms with Crippen molar-refractivity contribution in [3.63, 3.8) is 0 Å². The van der Waals surface area contributed by atoms with Gasteiger partial charge in [-0.1, -0.05) is 0 Å². The van der Waals surface area contributed by atoms with Crippen molar-refractivity contribution in [1.82, 2.24) is 9.97 Å². The molecule has 5 heteroatoms. The molecule has 2 rings (SSSR count). The minimum absolute atomic E-state index is 0.459. The molecule has 0 spiro atoms. The smallest absolute Gasteiger partial charge is 0.236 e. The molecule has 0 unspecified atom stereocenters. The zero-order valence-corrected chi connectivity index (χ0v) is 9.34. The van der Waals surface area contributed by atoms with Gasteiger partial charge >= 0.3 is 0 Å². The SMILES string of the molecule is COc1ncc(-c2scnc2C)cc1N. The number of anilines is 1. The Bertz CT molecular complexity index is 481. The molecule has 0 bridgehead atoms. The molecule has 0 aliphatic carbocycles. The summed E-state index contributed by atoms with van der Waals surface area (Å²) in [4.78, 5) is 9.40. The van der Waals surface area contributed by atoms with E-state index in [-0.39, 0.29) is 0 Å². The Morgan fingerprint density at radius 3 is 2.73 bits per heavy atom. The average Bonchev–Trinajstić information content (AvgIpc) is 2.64. The number of aromatic nitrogens is 2. The number of aryl methyl sites for hydroxylation is 1. The largest absolute Gasteiger partial charge is 0.480 e. The first kappa shape index (κ1) is 9.92. The van der Waals surface area contributed by atoms with E-state index < -0.39 is 0 Å². The highest BCUT2D eigenvalue weighted by Gasteiger charge is 2.08. The molecule has 0 saturated carbocycles. The van der Waals surface area contributed by atoms with Crippen LogP contribution in [-0.2, 0) is 0 Å². The maximum atomic E-state index is 5.78. The zero-order chi connectivity index (χ0) is 10.8. The number of pyridine rings is 1. The van der Waals surface area contributed by atoms with Gasteiger partial charge in [0.15, 0.2) is 0 Å². The lowest BCUT2D eigenvalue weighted by molar-refractivity contribution is 0.400. The highest BCUT2D eigenvalue weighted by Crippen LogP contribution is 2.30. The van der Waals surface area contributed by atoms with Gasteiger partial charge in [0.25, 0.3) is 0 Å². The maximum absolute atomic E-state index is 5.78. The van der Waals surface area contributed by atoms with E-state index in [1.54, 1.807) is 24.6 Å². The monoisotopic (exact) mass is 221 g/mol. The zero-order valence-electron chi connectivity index (χ0n) is 8.52. The van der Waals surface area contributed by atoms with Crippen LogP contribution in [0.4, 0.5) is 5.69 Å². The van der Waals surface area contributed by atoms with E-state index in [1.807, 2.05) is 18.5 Å². The Morgan fingerprint density at radius 2 is 2.20 bits per heavy atom. The van der Waals surface area contributed by atoms with Crippen molar-refractivity contribution in [2.24, 2.45) is 0 Å². The average molecular weight is 221 g/mol. The molecule has 15 heavy (non-hydrogen) atoms. The van der Waals surface area contributed by atoms with Crippen LogP contribution in [0.3, 0.4) is 0 Å². The summed E-state index contributed by atoms with van der Waals surface area (Å²) < 4.78 is 5.00. The van der Waals surface area contributed by atoms with Crippen molar-refractivity contribution < 1.29 is 4.74 Å². The first-order valence-corrected chi connectivity index (χ1v) is 5.30. The van der Waals surface area contributed by atoms with E-state index in [1.165, 1.54) is 0 Å². The quantitative estimate of drug-likeness (QED) is 0.843. The first-order chi connectivity index (χ1) is 7.22. The molecule has 4 nitrogen and oxygen atoms in total. The number of hydrogen-bond acceptors (Lipinski definition) is 5. The van der Waals surface area contributed by atoms with Gasteiger partial charge in [0.1, 0.15) is 0 Å². The normalized spacial score (nSPS) is 10.3. The first-order valence-electron chi connectivity index (χ1n) is 4.42. The van der Waals surface area contributed by atoms with Gasteiger partial charge in [-0.05, 0) is 13.0 Å². The minimum atomic E-state index is 0.459. The lowest BCUT2D eigenvalue weighted by Gasteiger charge is -2.04. The van der Waals surface area contributed by atoms with Gasteiger partial charge in [0.2, 0.25) is 5.88 Å². The number of nitrogens with two attached hydrogens (primary N) is 1. The molecule has 78 valence electrons. The van der Waals surface area contributed by atoms with Crippen LogP contribution in [0.5, 0.6) is 5.88 Å². The number of hydrogen-bond donors (Lipinski definition) is 1. The fourth-order valence-electron chi connectivity index (χ4n) is 1.34. The molecule has 2 aromatic rings. The third-order valence-corrected chi connectivity index (χ3v) is 3.06. The molecule has 0 amide bonds. The standard InChI is InChI=1S/C10H11N3OS/c1-6-9(15-5-13-6)7-3-8(11)10(14-2)12-4-7/h3-5H,11H2,1-2H3. The number of rotatable bonds is 2. The van der Waals surface area contributed by atoms with Crippen molar-refractivity contribution in [2.45, 2.75) is 6.92 Å². The molecular weight excluding hydrogens is 210 g/mol. The third-order valence-electron chi connectivity index (χ3n) is 2.08. The van der Waals surface area contributed by atoms with E-state index in [4.69, 9.17) is 10.5 Å². The molecule has 0 aliphatic rings. The number of ether oxygens (including phenoxy) is 1. The van der Waals surface area contributed by atoms with Crippen LogP contribution in [0.25, 0.3) is 10.4 Å². The van der Waals surface area contributed by atoms with E-state index in [9.17, 15) is 0 Å². The van der Waals surface area contributed by atoms with E-state index in [0.717, 1.165) is 16.1 Å². The van der Waals surface area contributed by atoms with Crippen LogP contribution in [0, 0.1) is 6.92 Å². The number of methoxy groups -OCH3 is 1. The predicted molar refractivity (Wildman–Crippen MR) is 61.0 cm³/mol. The number of nitrogen functional groups attached to an aromatic ring is 1. The lowest BCUT2D eigenvalue weighted by Crippen LogP contribution is -1.95. The maximum Gasteiger partial charge on any atom is 0.236 e. The van der Waals surface area contributed by atoms with Crippen molar-refractivity contribution in [3.8, 4) is 16.3 Å². The molecule has 2 N–H and O–H groups in total. The topological polar surface area (TPSA) is 61.0 Å². The van der Waals surface area contributed by atoms with E-state index >= 15 is 0 Å². The van der Waals surface area contributed by atoms with E-state index in [2.05, 4.69) is 9.97 Å². The fourth-order valence-corrected chi connectivity index (χ4v) is 2.13. The van der Waals surface area contributed by atoms with Crippen LogP contribution >= 0.6 is 11.3 Å². The Labute approximate surface area is 91.8 Å². The van der Waals surface area contributed by atoms with Gasteiger partial charge in [0.05, 0.1) is 28.9 Å². The number of thiazole rings is 1. The second-order valence-electron chi connectivity index (χ2n) is 3.09.